The molecule has 0 unspecified atom stereocenters. The molecule has 3 aromatic rings. The van der Waals surface area contributed by atoms with Gasteiger partial charge in [-0.25, -0.2) is 9.78 Å². The van der Waals surface area contributed by atoms with Crippen molar-refractivity contribution >= 4 is 40.8 Å². The van der Waals surface area contributed by atoms with Crippen molar-refractivity contribution in [2.45, 2.75) is 19.0 Å². The van der Waals surface area contributed by atoms with Crippen molar-refractivity contribution < 1.29 is 14.3 Å². The van der Waals surface area contributed by atoms with Gasteiger partial charge < -0.3 is 24.8 Å². The third-order valence-corrected chi connectivity index (χ3v) is 8.22. The zero-order valence-electron chi connectivity index (χ0n) is 24.1. The van der Waals surface area contributed by atoms with Crippen molar-refractivity contribution in [3.63, 3.8) is 0 Å². The Morgan fingerprint density at radius 1 is 1.07 bits per heavy atom. The van der Waals surface area contributed by atoms with Gasteiger partial charge >= 0.3 is 6.03 Å². The van der Waals surface area contributed by atoms with E-state index in [-0.39, 0.29) is 18.0 Å². The maximum Gasteiger partial charge on any atom is 0.330 e. The number of anilines is 5. The number of likely N-dealkylation sites (N-methyl/N-ethyl adjacent to an activating group) is 1. The summed E-state index contributed by atoms with van der Waals surface area (Å²) in [5.41, 5.74) is 3.46. The van der Waals surface area contributed by atoms with E-state index in [4.69, 9.17) is 9.72 Å². The molecular weight excluding hydrogens is 532 g/mol. The van der Waals surface area contributed by atoms with E-state index in [0.29, 0.717) is 43.6 Å². The number of hydrogen-bond acceptors (Lipinski definition) is 8. The van der Waals surface area contributed by atoms with Gasteiger partial charge in [0, 0.05) is 68.5 Å². The monoisotopic (exact) mass is 568 g/mol. The first-order valence-electron chi connectivity index (χ1n) is 14.3. The molecule has 4 heterocycles. The van der Waals surface area contributed by atoms with Gasteiger partial charge in [-0.05, 0) is 43.8 Å². The van der Waals surface area contributed by atoms with Crippen LogP contribution in [0.3, 0.4) is 0 Å². The molecule has 2 saturated heterocycles. The minimum atomic E-state index is -0.230. The van der Waals surface area contributed by atoms with Gasteiger partial charge in [-0.2, -0.15) is 4.98 Å². The van der Waals surface area contributed by atoms with E-state index in [1.807, 2.05) is 42.5 Å². The SMILES string of the molecule is C=CC(=O)N1CC[C@H](N2C(=O)N(c3ccccc3)Cc3cnc(Nc4ccc(N5CCN(C)CC5)cc4OC)nc32)C1. The molecule has 11 nitrogen and oxygen atoms in total. The first-order valence-corrected chi connectivity index (χ1v) is 14.3. The Labute approximate surface area is 246 Å². The summed E-state index contributed by atoms with van der Waals surface area (Å²) < 4.78 is 5.74. The van der Waals surface area contributed by atoms with Crippen LogP contribution in [-0.4, -0.2) is 91.2 Å². The van der Waals surface area contributed by atoms with Crippen molar-refractivity contribution in [2.75, 3.05) is 73.4 Å². The lowest BCUT2D eigenvalue weighted by molar-refractivity contribution is -0.125. The topological polar surface area (TPSA) is 97.4 Å². The summed E-state index contributed by atoms with van der Waals surface area (Å²) in [6.45, 7) is 8.88. The van der Waals surface area contributed by atoms with E-state index in [0.717, 1.165) is 48.8 Å². The second kappa shape index (κ2) is 11.7. The molecule has 3 aliphatic heterocycles. The zero-order valence-corrected chi connectivity index (χ0v) is 24.1. The molecule has 0 aliphatic carbocycles. The summed E-state index contributed by atoms with van der Waals surface area (Å²) in [7, 11) is 3.79. The molecule has 42 heavy (non-hydrogen) atoms. The molecule has 3 amide bonds. The standard InChI is InChI=1S/C31H36N8O3/c1-4-28(40)37-13-12-25(21-37)39-29-22(20-38(31(39)41)23-8-6-5-7-9-23)19-32-30(34-29)33-26-11-10-24(18-27(26)42-3)36-16-14-35(2)15-17-36/h4-11,18-19,25H,1,12-17,20-21H2,2-3H3,(H,32,33,34)/t25-/m0/s1. The van der Waals surface area contributed by atoms with Crippen LogP contribution in [0, 0.1) is 0 Å². The first kappa shape index (κ1) is 27.5. The molecule has 218 valence electrons. The van der Waals surface area contributed by atoms with Gasteiger partial charge in [0.1, 0.15) is 11.6 Å². The molecule has 3 aliphatic rings. The highest BCUT2D eigenvalue weighted by Crippen LogP contribution is 2.36. The number of benzene rings is 2. The van der Waals surface area contributed by atoms with Gasteiger partial charge in [0.25, 0.3) is 0 Å². The molecule has 2 aromatic carbocycles. The number of amides is 3. The van der Waals surface area contributed by atoms with Crippen LogP contribution < -0.4 is 24.8 Å². The Hall–Kier alpha value is -4.64. The number of likely N-dealkylation sites (tertiary alicyclic amines) is 1. The average molecular weight is 569 g/mol. The highest BCUT2D eigenvalue weighted by Gasteiger charge is 2.40. The van der Waals surface area contributed by atoms with E-state index >= 15 is 0 Å². The molecule has 1 atom stereocenters. The second-order valence-electron chi connectivity index (χ2n) is 10.8. The molecule has 0 radical (unpaired) electrons. The third-order valence-electron chi connectivity index (χ3n) is 8.22. The number of nitrogens with one attached hydrogen (secondary N) is 1. The summed E-state index contributed by atoms with van der Waals surface area (Å²) >= 11 is 0. The van der Waals surface area contributed by atoms with Gasteiger partial charge in [0.15, 0.2) is 0 Å². The van der Waals surface area contributed by atoms with Gasteiger partial charge in [-0.15, -0.1) is 0 Å². The minimum absolute atomic E-state index is 0.140. The van der Waals surface area contributed by atoms with Crippen molar-refractivity contribution in [1.29, 1.82) is 0 Å². The first-order chi connectivity index (χ1) is 20.4. The van der Waals surface area contributed by atoms with Crippen LogP contribution in [0.4, 0.5) is 33.6 Å². The number of piperazine rings is 1. The second-order valence-corrected chi connectivity index (χ2v) is 10.8. The molecule has 1 N–H and O–H groups in total. The van der Waals surface area contributed by atoms with E-state index in [1.54, 1.807) is 28.0 Å². The molecule has 11 heteroatoms. The Bertz CT molecular complexity index is 1470. The van der Waals surface area contributed by atoms with Gasteiger partial charge in [-0.1, -0.05) is 24.8 Å². The quantitative estimate of drug-likeness (QED) is 0.431. The fraction of sp³-hybridized carbons (Fsp3) is 0.355. The fourth-order valence-corrected chi connectivity index (χ4v) is 5.82. The Morgan fingerprint density at radius 2 is 1.86 bits per heavy atom. The number of carbonyl (C=O) groups is 2. The molecule has 0 saturated carbocycles. The van der Waals surface area contributed by atoms with Crippen molar-refractivity contribution in [3.8, 4) is 5.75 Å². The van der Waals surface area contributed by atoms with Crippen LogP contribution in [-0.2, 0) is 11.3 Å². The summed E-state index contributed by atoms with van der Waals surface area (Å²) in [6, 6.07) is 15.3. The van der Waals surface area contributed by atoms with Crippen molar-refractivity contribution in [3.05, 3.63) is 72.9 Å². The highest BCUT2D eigenvalue weighted by molar-refractivity contribution is 6.06. The lowest BCUT2D eigenvalue weighted by atomic mass is 10.1. The van der Waals surface area contributed by atoms with Crippen LogP contribution >= 0.6 is 0 Å². The van der Waals surface area contributed by atoms with E-state index in [2.05, 4.69) is 39.8 Å². The molecule has 6 rings (SSSR count). The van der Waals surface area contributed by atoms with Gasteiger partial charge in [-0.3, -0.25) is 14.6 Å². The lowest BCUT2D eigenvalue weighted by Gasteiger charge is -2.39. The summed E-state index contributed by atoms with van der Waals surface area (Å²) in [5, 5.41) is 3.31. The number of hydrogen-bond donors (Lipinski definition) is 1. The maximum atomic E-state index is 14.0. The molecule has 0 bridgehead atoms. The van der Waals surface area contributed by atoms with Crippen LogP contribution in [0.15, 0.2) is 67.4 Å². The number of fused-ring (bicyclic) bond motifs is 1. The van der Waals surface area contributed by atoms with E-state index in [9.17, 15) is 9.59 Å². The number of ether oxygens (including phenoxy) is 1. The Kier molecular flexibility index (Phi) is 7.66. The fourth-order valence-electron chi connectivity index (χ4n) is 5.82. The molecule has 1 aromatic heterocycles. The predicted molar refractivity (Wildman–Crippen MR) is 164 cm³/mol. The van der Waals surface area contributed by atoms with Gasteiger partial charge in [0.05, 0.1) is 25.4 Å². The van der Waals surface area contributed by atoms with E-state index < -0.39 is 0 Å². The number of methoxy groups -OCH3 is 1. The molecular formula is C31H36N8O3. The Balaban J connectivity index is 1.30. The average Bonchev–Trinajstić information content (AvgIpc) is 3.51. The minimum Gasteiger partial charge on any atom is -0.494 e. The summed E-state index contributed by atoms with van der Waals surface area (Å²) in [4.78, 5) is 45.7. The Morgan fingerprint density at radius 3 is 2.60 bits per heavy atom. The summed E-state index contributed by atoms with van der Waals surface area (Å²) in [5.74, 6) is 1.46. The number of nitrogens with zero attached hydrogens (tertiary/aromatic N) is 7. The van der Waals surface area contributed by atoms with Crippen molar-refractivity contribution in [1.82, 2.24) is 19.8 Å². The highest BCUT2D eigenvalue weighted by atomic mass is 16.5. The molecule has 0 spiro atoms. The predicted octanol–water partition coefficient (Wildman–Crippen LogP) is 3.71. The van der Waals surface area contributed by atoms with Crippen LogP contribution in [0.25, 0.3) is 0 Å². The lowest BCUT2D eigenvalue weighted by Crippen LogP contribution is -2.53. The number of carbonyl (C=O) groups excluding carboxylic acids is 2. The van der Waals surface area contributed by atoms with Crippen LogP contribution in [0.1, 0.15) is 12.0 Å². The summed E-state index contributed by atoms with van der Waals surface area (Å²) in [6.07, 6.45) is 3.73. The number of urea groups is 1. The number of rotatable bonds is 7. The van der Waals surface area contributed by atoms with Crippen LogP contribution in [0.2, 0.25) is 0 Å². The number of para-hydroxylation sites is 1. The third kappa shape index (κ3) is 5.35. The largest absolute Gasteiger partial charge is 0.494 e. The maximum absolute atomic E-state index is 14.0. The van der Waals surface area contributed by atoms with Gasteiger partial charge in [0.2, 0.25) is 11.9 Å². The van der Waals surface area contributed by atoms with Crippen molar-refractivity contribution in [2.24, 2.45) is 0 Å². The number of aromatic nitrogens is 2. The van der Waals surface area contributed by atoms with Crippen LogP contribution in [0.5, 0.6) is 5.75 Å². The van der Waals surface area contributed by atoms with E-state index in [1.165, 1.54) is 6.08 Å². The molecule has 2 fully saturated rings. The smallest absolute Gasteiger partial charge is 0.330 e. The zero-order chi connectivity index (χ0) is 29.2. The normalized spacial score (nSPS) is 19.1.